The number of carbonyl (C=O) groups is 1. The maximum absolute atomic E-state index is 13.9. The van der Waals surface area contributed by atoms with Gasteiger partial charge < -0.3 is 18.9 Å². The van der Waals surface area contributed by atoms with E-state index in [1.54, 1.807) is 33.1 Å². The lowest BCUT2D eigenvalue weighted by Gasteiger charge is -2.26. The van der Waals surface area contributed by atoms with Gasteiger partial charge >= 0.3 is 6.09 Å². The van der Waals surface area contributed by atoms with Gasteiger partial charge in [-0.3, -0.25) is 4.90 Å². The number of amides is 1. The quantitative estimate of drug-likeness (QED) is 0.283. The van der Waals surface area contributed by atoms with Gasteiger partial charge in [-0.25, -0.2) is 24.1 Å². The van der Waals surface area contributed by atoms with Crippen LogP contribution in [0.25, 0.3) is 10.9 Å². The Labute approximate surface area is 233 Å². The molecule has 1 aromatic heterocycles. The van der Waals surface area contributed by atoms with Gasteiger partial charge in [0.15, 0.2) is 17.3 Å². The number of halogens is 2. The van der Waals surface area contributed by atoms with Crippen molar-refractivity contribution in [2.24, 2.45) is 0 Å². The Kier molecular flexibility index (Phi) is 11.5. The van der Waals surface area contributed by atoms with Gasteiger partial charge in [0, 0.05) is 31.1 Å². The largest absolute Gasteiger partial charge is 0.493 e. The second-order valence-corrected chi connectivity index (χ2v) is 9.15. The number of rotatable bonds is 9. The van der Waals surface area contributed by atoms with Gasteiger partial charge in [0.05, 0.1) is 49.3 Å². The highest BCUT2D eigenvalue weighted by Gasteiger charge is 2.26. The Morgan fingerprint density at radius 3 is 2.56 bits per heavy atom. The summed E-state index contributed by atoms with van der Waals surface area (Å²) in [5, 5.41) is 0.386. The van der Waals surface area contributed by atoms with Crippen LogP contribution in [0.4, 0.5) is 20.7 Å². The van der Waals surface area contributed by atoms with Crippen LogP contribution in [0.5, 0.6) is 11.5 Å². The Balaban J connectivity index is 0.00000205. The molecule has 3 aromatic rings. The van der Waals surface area contributed by atoms with Crippen LogP contribution in [-0.4, -0.2) is 73.6 Å². The molecule has 0 unspecified atom stereocenters. The molecule has 2 aromatic carbocycles. The summed E-state index contributed by atoms with van der Waals surface area (Å²) in [5.74, 6) is 0.624. The summed E-state index contributed by atoms with van der Waals surface area (Å²) < 4.78 is 36.4. The Hall–Kier alpha value is -3.21. The van der Waals surface area contributed by atoms with Gasteiger partial charge in [-0.2, -0.15) is 0 Å². The normalized spacial score (nSPS) is 13.5. The number of ether oxygens (including phenoxy) is 4. The van der Waals surface area contributed by atoms with Gasteiger partial charge in [0.2, 0.25) is 0 Å². The number of aromatic nitrogens is 2. The zero-order chi connectivity index (χ0) is 28.4. The molecule has 0 bridgehead atoms. The van der Waals surface area contributed by atoms with Crippen LogP contribution < -0.4 is 14.4 Å². The first kappa shape index (κ1) is 30.3. The molecule has 1 fully saturated rings. The van der Waals surface area contributed by atoms with E-state index in [1.165, 1.54) is 29.4 Å². The van der Waals surface area contributed by atoms with Crippen LogP contribution in [0.2, 0.25) is 5.02 Å². The number of carbonyl (C=O) groups excluding carboxylic acids is 1. The number of hydrogen-bond acceptors (Lipinski definition) is 8. The second kappa shape index (κ2) is 14.8. The molecule has 2 heterocycles. The maximum Gasteiger partial charge on any atom is 0.420 e. The first-order valence-corrected chi connectivity index (χ1v) is 13.5. The Morgan fingerprint density at radius 1 is 1.15 bits per heavy atom. The molecule has 0 N–H and O–H groups in total. The lowest BCUT2D eigenvalue weighted by atomic mass is 10.2. The molecule has 1 aliphatic heterocycles. The highest BCUT2D eigenvalue weighted by atomic mass is 35.5. The van der Waals surface area contributed by atoms with Crippen molar-refractivity contribution in [3.05, 3.63) is 47.5 Å². The third kappa shape index (κ3) is 7.90. The van der Waals surface area contributed by atoms with Crippen molar-refractivity contribution in [3.8, 4) is 11.5 Å². The van der Waals surface area contributed by atoms with Gasteiger partial charge in [-0.1, -0.05) is 25.4 Å². The van der Waals surface area contributed by atoms with Crippen molar-refractivity contribution in [2.45, 2.75) is 40.2 Å². The Morgan fingerprint density at radius 2 is 1.90 bits per heavy atom. The van der Waals surface area contributed by atoms with Crippen LogP contribution in [0.15, 0.2) is 36.7 Å². The van der Waals surface area contributed by atoms with Crippen LogP contribution in [0, 0.1) is 5.82 Å². The third-order valence-electron chi connectivity index (χ3n) is 5.77. The van der Waals surface area contributed by atoms with Gasteiger partial charge in [-0.05, 0) is 44.5 Å². The van der Waals surface area contributed by atoms with E-state index in [-0.39, 0.29) is 10.8 Å². The third-order valence-corrected chi connectivity index (χ3v) is 6.06. The number of hydrogen-bond donors (Lipinski definition) is 0. The van der Waals surface area contributed by atoms with Crippen molar-refractivity contribution in [2.75, 3.05) is 51.5 Å². The minimum atomic E-state index is -0.693. The monoisotopic (exact) mass is 562 g/mol. The maximum atomic E-state index is 13.9. The topological polar surface area (TPSA) is 86.3 Å². The molecule has 0 saturated carbocycles. The fraction of sp³-hybridized carbons (Fsp3) is 0.464. The molecule has 0 aliphatic carbocycles. The van der Waals surface area contributed by atoms with E-state index in [4.69, 9.17) is 30.5 Å². The number of morpholine rings is 1. The molecular weight excluding hydrogens is 527 g/mol. The van der Waals surface area contributed by atoms with Crippen molar-refractivity contribution in [1.82, 2.24) is 14.9 Å². The first-order valence-electron chi connectivity index (χ1n) is 13.1. The average Bonchev–Trinajstić information content (AvgIpc) is 2.94. The molecule has 0 atom stereocenters. The minimum absolute atomic E-state index is 0.135. The van der Waals surface area contributed by atoms with Crippen LogP contribution in [-0.2, 0) is 9.47 Å². The van der Waals surface area contributed by atoms with E-state index in [0.29, 0.717) is 34.7 Å². The summed E-state index contributed by atoms with van der Waals surface area (Å²) in [6.07, 6.45) is 1.06. The van der Waals surface area contributed by atoms with E-state index < -0.39 is 18.0 Å². The van der Waals surface area contributed by atoms with Crippen molar-refractivity contribution < 1.29 is 28.1 Å². The van der Waals surface area contributed by atoms with E-state index in [1.807, 2.05) is 13.8 Å². The molecule has 11 heteroatoms. The van der Waals surface area contributed by atoms with Crippen molar-refractivity contribution in [3.63, 3.8) is 0 Å². The summed E-state index contributed by atoms with van der Waals surface area (Å²) in [4.78, 5) is 25.5. The highest BCUT2D eigenvalue weighted by Crippen LogP contribution is 2.38. The molecule has 4 rings (SSSR count). The summed E-state index contributed by atoms with van der Waals surface area (Å²) in [6, 6.07) is 7.42. The fourth-order valence-electron chi connectivity index (χ4n) is 3.99. The van der Waals surface area contributed by atoms with Crippen LogP contribution in [0.1, 0.15) is 34.1 Å². The predicted octanol–water partition coefficient (Wildman–Crippen LogP) is 6.24. The molecule has 0 spiro atoms. The second-order valence-electron chi connectivity index (χ2n) is 8.74. The lowest BCUT2D eigenvalue weighted by molar-refractivity contribution is 0.0357. The van der Waals surface area contributed by atoms with Crippen LogP contribution in [0.3, 0.4) is 0 Å². The van der Waals surface area contributed by atoms with Gasteiger partial charge in [0.1, 0.15) is 12.1 Å². The highest BCUT2D eigenvalue weighted by molar-refractivity contribution is 6.31. The molecule has 9 nitrogen and oxygen atoms in total. The van der Waals surface area contributed by atoms with E-state index in [0.717, 1.165) is 39.3 Å². The zero-order valence-corrected chi connectivity index (χ0v) is 23.8. The number of methoxy groups -OCH3 is 1. The molecule has 0 radical (unpaired) electrons. The van der Waals surface area contributed by atoms with Crippen molar-refractivity contribution >= 4 is 40.1 Å². The number of nitrogens with zero attached hydrogens (tertiary/aromatic N) is 4. The predicted molar refractivity (Wildman–Crippen MR) is 150 cm³/mol. The number of benzene rings is 2. The average molecular weight is 563 g/mol. The minimum Gasteiger partial charge on any atom is -0.493 e. The standard InChI is InChI=1S/C26H30ClFN4O5.C2H6/c1-17(2)37-26(33)32(18-5-6-21(28)20(27)13-18)25-19-14-24(23(34-3)15-22(19)29-16-30-25)36-10-4-7-31-8-11-35-12-9-31;1-2/h5-6,13-17H,4,7-12H2,1-3H3;1-2H3. The van der Waals surface area contributed by atoms with Crippen molar-refractivity contribution in [1.29, 1.82) is 0 Å². The van der Waals surface area contributed by atoms with E-state index in [2.05, 4.69) is 14.9 Å². The SMILES string of the molecule is CC.COc1cc2ncnc(N(C(=O)OC(C)C)c3ccc(F)c(Cl)c3)c2cc1OCCCN1CCOCC1. The summed E-state index contributed by atoms with van der Waals surface area (Å²) in [6.45, 7) is 12.2. The fourth-order valence-corrected chi connectivity index (χ4v) is 4.16. The van der Waals surface area contributed by atoms with E-state index in [9.17, 15) is 9.18 Å². The molecule has 1 amide bonds. The number of fused-ring (bicyclic) bond motifs is 1. The van der Waals surface area contributed by atoms with E-state index >= 15 is 0 Å². The molecule has 212 valence electrons. The molecular formula is C28H36ClFN4O5. The summed E-state index contributed by atoms with van der Waals surface area (Å²) in [7, 11) is 1.55. The van der Waals surface area contributed by atoms with Gasteiger partial charge in [-0.15, -0.1) is 0 Å². The molecule has 1 aliphatic rings. The molecule has 1 saturated heterocycles. The van der Waals surface area contributed by atoms with Gasteiger partial charge in [0.25, 0.3) is 0 Å². The van der Waals surface area contributed by atoms with Crippen LogP contribution >= 0.6 is 11.6 Å². The first-order chi connectivity index (χ1) is 18.9. The number of anilines is 2. The smallest absolute Gasteiger partial charge is 0.420 e. The zero-order valence-electron chi connectivity index (χ0n) is 23.1. The Bertz CT molecular complexity index is 1240. The summed E-state index contributed by atoms with van der Waals surface area (Å²) in [5.41, 5.74) is 0.818. The summed E-state index contributed by atoms with van der Waals surface area (Å²) >= 11 is 6.03. The lowest BCUT2D eigenvalue weighted by Crippen LogP contribution is -2.37. The molecule has 39 heavy (non-hydrogen) atoms.